The van der Waals surface area contributed by atoms with Crippen LogP contribution in [0.25, 0.3) is 16.6 Å². The van der Waals surface area contributed by atoms with Gasteiger partial charge in [-0.1, -0.05) is 39.0 Å². The summed E-state index contributed by atoms with van der Waals surface area (Å²) in [7, 11) is -2.13. The van der Waals surface area contributed by atoms with Crippen LogP contribution in [0.2, 0.25) is 18.1 Å². The zero-order chi connectivity index (χ0) is 39.5. The van der Waals surface area contributed by atoms with Gasteiger partial charge in [-0.25, -0.2) is 14.2 Å². The van der Waals surface area contributed by atoms with Crippen molar-refractivity contribution < 1.29 is 49.4 Å². The molecule has 2 heterocycles. The number of carbonyl (C=O) groups is 1. The van der Waals surface area contributed by atoms with Crippen LogP contribution >= 0.6 is 0 Å². The quantitative estimate of drug-likeness (QED) is 0.169. The van der Waals surface area contributed by atoms with E-state index >= 15 is 0 Å². The smallest absolute Gasteiger partial charge is 0.418 e. The molecular weight excluding hydrogens is 724 g/mol. The second kappa shape index (κ2) is 13.9. The molecule has 1 aromatic heterocycles. The fourth-order valence-electron chi connectivity index (χ4n) is 6.84. The van der Waals surface area contributed by atoms with Gasteiger partial charge < -0.3 is 18.5 Å². The van der Waals surface area contributed by atoms with Gasteiger partial charge in [0, 0.05) is 12.1 Å². The lowest BCUT2D eigenvalue weighted by atomic mass is 9.77. The first-order valence-corrected chi connectivity index (χ1v) is 20.5. The number of benzene rings is 2. The minimum absolute atomic E-state index is 0.0312. The molecule has 292 valence electrons. The van der Waals surface area contributed by atoms with Gasteiger partial charge in [0.05, 0.1) is 46.2 Å². The Bertz CT molecular complexity index is 1830. The number of hydrogen-bond acceptors (Lipinski definition) is 5. The third-order valence-electron chi connectivity index (χ3n) is 10.4. The maximum absolute atomic E-state index is 14.7. The minimum atomic E-state index is -4.78. The molecule has 53 heavy (non-hydrogen) atoms. The van der Waals surface area contributed by atoms with Gasteiger partial charge >= 0.3 is 18.4 Å². The monoisotopic (exact) mass is 771 g/mol. The number of alkyl halides is 7. The Morgan fingerprint density at radius 2 is 1.58 bits per heavy atom. The van der Waals surface area contributed by atoms with E-state index in [1.807, 2.05) is 6.92 Å². The number of amides is 1. The van der Waals surface area contributed by atoms with E-state index in [2.05, 4.69) is 38.8 Å². The van der Waals surface area contributed by atoms with Crippen molar-refractivity contribution >= 4 is 31.0 Å². The summed E-state index contributed by atoms with van der Waals surface area (Å²) in [5.74, 6) is -0.175. The summed E-state index contributed by atoms with van der Waals surface area (Å²) in [4.78, 5) is 18.9. The van der Waals surface area contributed by atoms with Crippen molar-refractivity contribution in [3.63, 3.8) is 0 Å². The number of fused-ring (bicyclic) bond motifs is 1. The molecule has 2 aliphatic rings. The average molecular weight is 772 g/mol. The van der Waals surface area contributed by atoms with Crippen LogP contribution in [0.5, 0.6) is 5.75 Å². The van der Waals surface area contributed by atoms with Gasteiger partial charge in [-0.15, -0.1) is 0 Å². The molecule has 15 heteroatoms. The van der Waals surface area contributed by atoms with Crippen molar-refractivity contribution in [2.24, 2.45) is 0 Å². The molecule has 1 saturated carbocycles. The highest BCUT2D eigenvalue weighted by atomic mass is 28.4. The van der Waals surface area contributed by atoms with Gasteiger partial charge in [0.25, 0.3) is 0 Å². The Morgan fingerprint density at radius 3 is 2.11 bits per heavy atom. The molecule has 0 radical (unpaired) electrons. The van der Waals surface area contributed by atoms with E-state index in [-0.39, 0.29) is 34.3 Å². The van der Waals surface area contributed by atoms with Crippen LogP contribution in [-0.2, 0) is 21.5 Å². The number of hydrogen-bond donors (Lipinski definition) is 0. The zero-order valence-corrected chi connectivity index (χ0v) is 32.5. The van der Waals surface area contributed by atoms with Crippen molar-refractivity contribution in [2.75, 3.05) is 13.3 Å². The molecule has 0 N–H and O–H groups in total. The maximum atomic E-state index is 14.7. The third-order valence-corrected chi connectivity index (χ3v) is 15.0. The summed E-state index contributed by atoms with van der Waals surface area (Å²) in [5.41, 5.74) is -2.45. The second-order valence-electron chi connectivity index (χ2n) is 16.9. The second-order valence-corrected chi connectivity index (χ2v) is 21.6. The van der Waals surface area contributed by atoms with Gasteiger partial charge in [-0.3, -0.25) is 4.90 Å². The van der Waals surface area contributed by atoms with Gasteiger partial charge in [-0.2, -0.15) is 26.3 Å². The first-order chi connectivity index (χ1) is 24.2. The van der Waals surface area contributed by atoms with Crippen LogP contribution < -0.4 is 4.74 Å². The first kappa shape index (κ1) is 40.6. The topological polar surface area (TPSA) is 65.8 Å². The molecule has 5 rings (SSSR count). The normalized spacial score (nSPS) is 23.1. The lowest BCUT2D eigenvalue weighted by molar-refractivity contribution is -0.138. The van der Waals surface area contributed by atoms with E-state index < -0.39 is 74.5 Å². The Balaban J connectivity index is 1.45. The molecule has 0 spiro atoms. The van der Waals surface area contributed by atoms with Gasteiger partial charge in [-0.05, 0) is 94.4 Å². The van der Waals surface area contributed by atoms with Crippen LogP contribution in [0.4, 0.5) is 35.5 Å². The van der Waals surface area contributed by atoms with Crippen LogP contribution in [-0.4, -0.2) is 65.4 Å². The standard InChI is InChI=1S/C38H48F7N3O4Si/c1-34(2,3)51-33(49)48-26(20-39)14-24(23-10-12-25(13-11-23)37(40,41)42)15-27(48)21-50-29-16-30(38(43,44)45)32-31(17-29)46-22-47(32)28-18-36(7,19-28)52-53(8,9)35(4,5)6/h10-13,15-17,22,26-28H,14,18-21H2,1-9H3/t26-,27+,28?,36?/m1/s1. The highest BCUT2D eigenvalue weighted by Crippen LogP contribution is 2.51. The summed E-state index contributed by atoms with van der Waals surface area (Å²) in [5, 5.41) is -0.0312. The summed E-state index contributed by atoms with van der Waals surface area (Å²) in [6, 6.07) is 4.21. The molecule has 0 bridgehead atoms. The first-order valence-electron chi connectivity index (χ1n) is 17.6. The van der Waals surface area contributed by atoms with Crippen molar-refractivity contribution in [1.29, 1.82) is 0 Å². The molecule has 0 unspecified atom stereocenters. The Hall–Kier alpha value is -3.59. The predicted molar refractivity (Wildman–Crippen MR) is 191 cm³/mol. The molecule has 0 saturated heterocycles. The van der Waals surface area contributed by atoms with Crippen molar-refractivity contribution in [3.8, 4) is 5.75 Å². The van der Waals surface area contributed by atoms with Crippen molar-refractivity contribution in [1.82, 2.24) is 14.5 Å². The van der Waals surface area contributed by atoms with Gasteiger partial charge in [0.15, 0.2) is 8.32 Å². The minimum Gasteiger partial charge on any atom is -0.491 e. The number of rotatable bonds is 8. The number of imidazole rings is 1. The van der Waals surface area contributed by atoms with E-state index in [0.29, 0.717) is 24.0 Å². The van der Waals surface area contributed by atoms with E-state index in [4.69, 9.17) is 13.9 Å². The number of nitrogens with zero attached hydrogens (tertiary/aromatic N) is 3. The summed E-state index contributed by atoms with van der Waals surface area (Å²) in [6.45, 7) is 16.2. The largest absolute Gasteiger partial charge is 0.491 e. The Labute approximate surface area is 306 Å². The highest BCUT2D eigenvalue weighted by Gasteiger charge is 2.50. The summed E-state index contributed by atoms with van der Waals surface area (Å²) < 4.78 is 118. The molecule has 3 aromatic rings. The van der Waals surface area contributed by atoms with E-state index in [1.54, 1.807) is 31.4 Å². The summed E-state index contributed by atoms with van der Waals surface area (Å²) in [6.07, 6.45) is -6.26. The molecule has 1 fully saturated rings. The fraction of sp³-hybridized carbons (Fsp3) is 0.579. The number of aromatic nitrogens is 2. The average Bonchev–Trinajstić information content (AvgIpc) is 3.42. The SMILES string of the molecule is CC(C)(C)OC(=O)N1[C@@H](CF)CC(c2ccc(C(F)(F)F)cc2)=C[C@H]1COc1cc(C(F)(F)F)c2c(c1)ncn2C1CC(C)(O[Si](C)(C)C(C)(C)C)C1. The highest BCUT2D eigenvalue weighted by molar-refractivity contribution is 6.74. The zero-order valence-electron chi connectivity index (χ0n) is 31.5. The van der Waals surface area contributed by atoms with E-state index in [1.165, 1.54) is 24.5 Å². The lowest BCUT2D eigenvalue weighted by Gasteiger charge is -2.52. The van der Waals surface area contributed by atoms with Crippen LogP contribution in [0.1, 0.15) is 90.5 Å². The van der Waals surface area contributed by atoms with Crippen molar-refractivity contribution in [3.05, 3.63) is 65.5 Å². The number of carbonyl (C=O) groups excluding carboxylic acids is 1. The fourth-order valence-corrected chi connectivity index (χ4v) is 8.54. The van der Waals surface area contributed by atoms with Crippen molar-refractivity contribution in [2.45, 2.75) is 128 Å². The van der Waals surface area contributed by atoms with Crippen LogP contribution in [0.15, 0.2) is 48.8 Å². The lowest BCUT2D eigenvalue weighted by Crippen LogP contribution is -2.54. The molecule has 1 aliphatic carbocycles. The molecule has 2 atom stereocenters. The van der Waals surface area contributed by atoms with Gasteiger partial charge in [0.1, 0.15) is 24.6 Å². The molecular formula is C38H48F7N3O4Si. The van der Waals surface area contributed by atoms with Gasteiger partial charge in [0.2, 0.25) is 0 Å². The third kappa shape index (κ3) is 8.87. The number of ether oxygens (including phenoxy) is 2. The Kier molecular flexibility index (Phi) is 10.7. The van der Waals surface area contributed by atoms with Crippen LogP contribution in [0, 0.1) is 0 Å². The molecule has 2 aromatic carbocycles. The van der Waals surface area contributed by atoms with E-state index in [9.17, 15) is 35.5 Å². The number of halogens is 7. The molecule has 1 aliphatic heterocycles. The maximum Gasteiger partial charge on any atom is 0.418 e. The summed E-state index contributed by atoms with van der Waals surface area (Å²) >= 11 is 0. The van der Waals surface area contributed by atoms with E-state index in [0.717, 1.165) is 23.1 Å². The molecule has 7 nitrogen and oxygen atoms in total. The predicted octanol–water partition coefficient (Wildman–Crippen LogP) is 11.0. The Morgan fingerprint density at radius 1 is 0.962 bits per heavy atom. The van der Waals surface area contributed by atoms with Crippen LogP contribution in [0.3, 0.4) is 0 Å². The molecule has 1 amide bonds.